The second-order valence-corrected chi connectivity index (χ2v) is 8.70. The highest BCUT2D eigenvalue weighted by atomic mass is 79.9. The zero-order valence-electron chi connectivity index (χ0n) is 14.4. The van der Waals surface area contributed by atoms with Gasteiger partial charge in [0.2, 0.25) is 0 Å². The number of anilines is 1. The SMILES string of the molecule is Cc1ccc(C(=O)NC2CCN(c3ccnc4cc(Br)cnc34)CC2)s1. The zero-order chi connectivity index (χ0) is 18.1. The fourth-order valence-electron chi connectivity index (χ4n) is 3.32. The standard InChI is InChI=1S/C19H19BrN4OS/c1-12-2-3-17(26-12)19(25)23-14-5-8-24(9-6-14)16-4-7-21-15-10-13(20)11-22-18(15)16/h2-4,7,10-11,14H,5-6,8-9H2,1H3,(H,23,25). The first-order chi connectivity index (χ1) is 12.6. The van der Waals surface area contributed by atoms with Gasteiger partial charge in [0.25, 0.3) is 5.91 Å². The molecule has 0 unspecified atom stereocenters. The molecule has 1 fully saturated rings. The van der Waals surface area contributed by atoms with E-state index in [-0.39, 0.29) is 11.9 Å². The van der Waals surface area contributed by atoms with Crippen LogP contribution in [0.3, 0.4) is 0 Å². The molecule has 1 aliphatic heterocycles. The normalized spacial score (nSPS) is 15.4. The molecule has 4 heterocycles. The fourth-order valence-corrected chi connectivity index (χ4v) is 4.41. The van der Waals surface area contributed by atoms with Crippen LogP contribution in [0.5, 0.6) is 0 Å². The average Bonchev–Trinajstić information content (AvgIpc) is 3.08. The van der Waals surface area contributed by atoms with Crippen LogP contribution < -0.4 is 10.2 Å². The summed E-state index contributed by atoms with van der Waals surface area (Å²) in [4.78, 5) is 25.6. The van der Waals surface area contributed by atoms with Crippen molar-refractivity contribution >= 4 is 49.9 Å². The largest absolute Gasteiger partial charge is 0.370 e. The lowest BCUT2D eigenvalue weighted by Gasteiger charge is -2.34. The van der Waals surface area contributed by atoms with Crippen LogP contribution >= 0.6 is 27.3 Å². The number of carbonyl (C=O) groups is 1. The van der Waals surface area contributed by atoms with Crippen molar-refractivity contribution in [2.24, 2.45) is 0 Å². The first-order valence-corrected chi connectivity index (χ1v) is 10.2. The molecule has 0 bridgehead atoms. The number of nitrogens with one attached hydrogen (secondary N) is 1. The Balaban J connectivity index is 1.43. The topological polar surface area (TPSA) is 58.1 Å². The number of pyridine rings is 2. The summed E-state index contributed by atoms with van der Waals surface area (Å²) in [5.74, 6) is 0.0439. The van der Waals surface area contributed by atoms with Gasteiger partial charge in [0.15, 0.2) is 0 Å². The second kappa shape index (κ2) is 7.32. The molecule has 0 aliphatic carbocycles. The molecule has 0 saturated carbocycles. The van der Waals surface area contributed by atoms with Gasteiger partial charge >= 0.3 is 0 Å². The second-order valence-electron chi connectivity index (χ2n) is 6.50. The number of aromatic nitrogens is 2. The monoisotopic (exact) mass is 430 g/mol. The number of aryl methyl sites for hydroxylation is 1. The molecule has 5 nitrogen and oxygen atoms in total. The lowest BCUT2D eigenvalue weighted by atomic mass is 10.0. The van der Waals surface area contributed by atoms with E-state index in [9.17, 15) is 4.79 Å². The number of nitrogens with zero attached hydrogens (tertiary/aromatic N) is 3. The summed E-state index contributed by atoms with van der Waals surface area (Å²) < 4.78 is 0.930. The quantitative estimate of drug-likeness (QED) is 0.677. The molecular weight excluding hydrogens is 412 g/mol. The molecule has 1 amide bonds. The summed E-state index contributed by atoms with van der Waals surface area (Å²) in [5.41, 5.74) is 2.92. The van der Waals surface area contributed by atoms with Crippen LogP contribution in [0.1, 0.15) is 27.4 Å². The number of piperidine rings is 1. The third-order valence-electron chi connectivity index (χ3n) is 4.66. The van der Waals surface area contributed by atoms with Crippen molar-refractivity contribution in [3.8, 4) is 0 Å². The number of halogens is 1. The fraction of sp³-hybridized carbons (Fsp3) is 0.316. The molecular formula is C19H19BrN4OS. The third-order valence-corrected chi connectivity index (χ3v) is 6.09. The molecule has 1 aliphatic rings. The number of hydrogen-bond acceptors (Lipinski definition) is 5. The molecule has 3 aromatic rings. The summed E-state index contributed by atoms with van der Waals surface area (Å²) in [5, 5.41) is 3.18. The van der Waals surface area contributed by atoms with E-state index in [0.29, 0.717) is 0 Å². The van der Waals surface area contributed by atoms with Crippen LogP contribution in [0.2, 0.25) is 0 Å². The van der Waals surface area contributed by atoms with Crippen molar-refractivity contribution in [2.45, 2.75) is 25.8 Å². The van der Waals surface area contributed by atoms with E-state index in [1.807, 2.05) is 43.6 Å². The Morgan fingerprint density at radius 1 is 1.27 bits per heavy atom. The van der Waals surface area contributed by atoms with E-state index in [1.165, 1.54) is 0 Å². The number of carbonyl (C=O) groups excluding carboxylic acids is 1. The summed E-state index contributed by atoms with van der Waals surface area (Å²) in [6.45, 7) is 3.81. The molecule has 0 atom stereocenters. The minimum Gasteiger partial charge on any atom is -0.370 e. The Morgan fingerprint density at radius 3 is 2.81 bits per heavy atom. The summed E-state index contributed by atoms with van der Waals surface area (Å²) >= 11 is 4.99. The first-order valence-electron chi connectivity index (χ1n) is 8.62. The van der Waals surface area contributed by atoms with E-state index in [4.69, 9.17) is 0 Å². The Labute approximate surface area is 164 Å². The average molecular weight is 431 g/mol. The van der Waals surface area contributed by atoms with Gasteiger partial charge in [-0.1, -0.05) is 0 Å². The van der Waals surface area contributed by atoms with Crippen molar-refractivity contribution in [1.82, 2.24) is 15.3 Å². The Bertz CT molecular complexity index is 950. The molecule has 134 valence electrons. The molecule has 0 aromatic carbocycles. The maximum absolute atomic E-state index is 12.3. The predicted molar refractivity (Wildman–Crippen MR) is 109 cm³/mol. The van der Waals surface area contributed by atoms with Crippen LogP contribution in [0, 0.1) is 6.92 Å². The zero-order valence-corrected chi connectivity index (χ0v) is 16.8. The third kappa shape index (κ3) is 3.59. The molecule has 7 heteroatoms. The van der Waals surface area contributed by atoms with Gasteiger partial charge in [0.1, 0.15) is 5.52 Å². The van der Waals surface area contributed by atoms with Crippen LogP contribution in [-0.2, 0) is 0 Å². The van der Waals surface area contributed by atoms with Gasteiger partial charge < -0.3 is 10.2 Å². The highest BCUT2D eigenvalue weighted by molar-refractivity contribution is 9.10. The summed E-state index contributed by atoms with van der Waals surface area (Å²) in [7, 11) is 0. The molecule has 0 spiro atoms. The predicted octanol–water partition coefficient (Wildman–Crippen LogP) is 4.16. The summed E-state index contributed by atoms with van der Waals surface area (Å²) in [6, 6.07) is 8.12. The molecule has 1 N–H and O–H groups in total. The van der Waals surface area contributed by atoms with Gasteiger partial charge in [-0.3, -0.25) is 14.8 Å². The molecule has 4 rings (SSSR count). The van der Waals surface area contributed by atoms with Crippen molar-refractivity contribution in [2.75, 3.05) is 18.0 Å². The van der Waals surface area contributed by atoms with Crippen molar-refractivity contribution in [3.63, 3.8) is 0 Å². The highest BCUT2D eigenvalue weighted by Crippen LogP contribution is 2.28. The molecule has 1 saturated heterocycles. The van der Waals surface area contributed by atoms with Gasteiger partial charge in [-0.2, -0.15) is 0 Å². The van der Waals surface area contributed by atoms with E-state index < -0.39 is 0 Å². The smallest absolute Gasteiger partial charge is 0.261 e. The van der Waals surface area contributed by atoms with Crippen LogP contribution in [0.25, 0.3) is 11.0 Å². The number of rotatable bonds is 3. The van der Waals surface area contributed by atoms with E-state index >= 15 is 0 Å². The van der Waals surface area contributed by atoms with Gasteiger partial charge in [0.05, 0.1) is 16.1 Å². The number of thiophene rings is 1. The number of fused-ring (bicyclic) bond motifs is 1. The lowest BCUT2D eigenvalue weighted by molar-refractivity contribution is 0.0935. The van der Waals surface area contributed by atoms with Gasteiger partial charge in [0, 0.05) is 40.9 Å². The minimum absolute atomic E-state index is 0.0439. The Morgan fingerprint density at radius 2 is 2.08 bits per heavy atom. The number of hydrogen-bond donors (Lipinski definition) is 1. The van der Waals surface area contributed by atoms with E-state index in [1.54, 1.807) is 11.3 Å². The van der Waals surface area contributed by atoms with E-state index in [2.05, 4.69) is 36.1 Å². The van der Waals surface area contributed by atoms with Crippen molar-refractivity contribution < 1.29 is 4.79 Å². The lowest BCUT2D eigenvalue weighted by Crippen LogP contribution is -2.44. The van der Waals surface area contributed by atoms with E-state index in [0.717, 1.165) is 56.9 Å². The van der Waals surface area contributed by atoms with Crippen LogP contribution in [0.4, 0.5) is 5.69 Å². The van der Waals surface area contributed by atoms with Crippen molar-refractivity contribution in [3.05, 3.63) is 50.9 Å². The van der Waals surface area contributed by atoms with Crippen LogP contribution in [0.15, 0.2) is 41.1 Å². The van der Waals surface area contributed by atoms with Gasteiger partial charge in [-0.05, 0) is 60.0 Å². The van der Waals surface area contributed by atoms with Gasteiger partial charge in [-0.25, -0.2) is 0 Å². The Kier molecular flexibility index (Phi) is 4.91. The van der Waals surface area contributed by atoms with Crippen molar-refractivity contribution in [1.29, 1.82) is 0 Å². The maximum atomic E-state index is 12.3. The minimum atomic E-state index is 0.0439. The van der Waals surface area contributed by atoms with Gasteiger partial charge in [-0.15, -0.1) is 11.3 Å². The number of amides is 1. The molecule has 0 radical (unpaired) electrons. The van der Waals surface area contributed by atoms with Crippen LogP contribution in [-0.4, -0.2) is 35.0 Å². The molecule has 3 aromatic heterocycles. The first kappa shape index (κ1) is 17.4. The maximum Gasteiger partial charge on any atom is 0.261 e. The highest BCUT2D eigenvalue weighted by Gasteiger charge is 2.23. The molecule has 26 heavy (non-hydrogen) atoms. The Hall–Kier alpha value is -1.99. The summed E-state index contributed by atoms with van der Waals surface area (Å²) in [6.07, 6.45) is 5.50.